The lowest BCUT2D eigenvalue weighted by Crippen LogP contribution is -2.22. The quantitative estimate of drug-likeness (QED) is 0.864. The van der Waals surface area contributed by atoms with Gasteiger partial charge in [-0.15, -0.1) is 0 Å². The molecule has 0 fully saturated rings. The first-order valence-electron chi connectivity index (χ1n) is 6.36. The number of hydrogen-bond donors (Lipinski definition) is 2. The van der Waals surface area contributed by atoms with Crippen molar-refractivity contribution in [2.24, 2.45) is 0 Å². The van der Waals surface area contributed by atoms with E-state index in [1.807, 2.05) is 30.3 Å². The highest BCUT2D eigenvalue weighted by atomic mass is 35.5. The van der Waals surface area contributed by atoms with Crippen LogP contribution in [0, 0.1) is 0 Å². The molecule has 100 valence electrons. The summed E-state index contributed by atoms with van der Waals surface area (Å²) in [6.07, 6.45) is 0. The minimum atomic E-state index is 0.203. The van der Waals surface area contributed by atoms with Gasteiger partial charge in [-0.3, -0.25) is 0 Å². The molecule has 2 unspecified atom stereocenters. The van der Waals surface area contributed by atoms with Gasteiger partial charge in [0.15, 0.2) is 0 Å². The molecule has 0 radical (unpaired) electrons. The molecule has 0 spiro atoms. The Hall–Kier alpha value is -1.51. The third-order valence-corrected chi connectivity index (χ3v) is 3.48. The van der Waals surface area contributed by atoms with Crippen LogP contribution in [0.4, 0.5) is 0 Å². The van der Waals surface area contributed by atoms with Crippen molar-refractivity contribution < 1.29 is 5.11 Å². The SMILES string of the molecule is CC(NC(C)c1cccc(Cl)c1)c1ccc(O)cc1. The van der Waals surface area contributed by atoms with Crippen LogP contribution in [-0.4, -0.2) is 5.11 Å². The van der Waals surface area contributed by atoms with Crippen LogP contribution in [0.5, 0.6) is 5.75 Å². The van der Waals surface area contributed by atoms with Gasteiger partial charge in [0, 0.05) is 17.1 Å². The Labute approximate surface area is 119 Å². The summed E-state index contributed by atoms with van der Waals surface area (Å²) in [7, 11) is 0. The van der Waals surface area contributed by atoms with E-state index >= 15 is 0 Å². The monoisotopic (exact) mass is 275 g/mol. The van der Waals surface area contributed by atoms with E-state index in [1.54, 1.807) is 12.1 Å². The molecule has 0 amide bonds. The van der Waals surface area contributed by atoms with Crippen LogP contribution in [0.1, 0.15) is 37.1 Å². The second-order valence-electron chi connectivity index (χ2n) is 4.76. The molecule has 0 saturated carbocycles. The minimum Gasteiger partial charge on any atom is -0.508 e. The Kier molecular flexibility index (Phi) is 4.46. The topological polar surface area (TPSA) is 32.3 Å². The fraction of sp³-hybridized carbons (Fsp3) is 0.250. The van der Waals surface area contributed by atoms with Crippen molar-refractivity contribution in [2.75, 3.05) is 0 Å². The minimum absolute atomic E-state index is 0.203. The van der Waals surface area contributed by atoms with Gasteiger partial charge in [0.1, 0.15) is 5.75 Å². The first-order chi connectivity index (χ1) is 9.06. The number of halogens is 1. The van der Waals surface area contributed by atoms with E-state index < -0.39 is 0 Å². The Morgan fingerprint density at radius 3 is 2.21 bits per heavy atom. The zero-order valence-corrected chi connectivity index (χ0v) is 11.9. The number of benzene rings is 2. The molecule has 0 aromatic heterocycles. The summed E-state index contributed by atoms with van der Waals surface area (Å²) < 4.78 is 0. The summed E-state index contributed by atoms with van der Waals surface area (Å²) in [6, 6.07) is 15.6. The molecule has 0 heterocycles. The van der Waals surface area contributed by atoms with E-state index in [1.165, 1.54) is 0 Å². The Morgan fingerprint density at radius 2 is 1.58 bits per heavy atom. The molecule has 2 aromatic carbocycles. The van der Waals surface area contributed by atoms with Crippen LogP contribution in [-0.2, 0) is 0 Å². The predicted octanol–water partition coefficient (Wildman–Crippen LogP) is 4.46. The Bertz CT molecular complexity index is 539. The second-order valence-corrected chi connectivity index (χ2v) is 5.19. The van der Waals surface area contributed by atoms with E-state index in [4.69, 9.17) is 11.6 Å². The van der Waals surface area contributed by atoms with Crippen molar-refractivity contribution in [1.29, 1.82) is 0 Å². The van der Waals surface area contributed by atoms with E-state index in [2.05, 4.69) is 25.2 Å². The number of phenolic OH excluding ortho intramolecular Hbond substituents is 1. The van der Waals surface area contributed by atoms with Gasteiger partial charge in [-0.25, -0.2) is 0 Å². The van der Waals surface area contributed by atoms with Crippen LogP contribution in [0.2, 0.25) is 5.02 Å². The van der Waals surface area contributed by atoms with E-state index in [0.29, 0.717) is 5.75 Å². The maximum atomic E-state index is 9.29. The molecule has 19 heavy (non-hydrogen) atoms. The van der Waals surface area contributed by atoms with Gasteiger partial charge in [0.2, 0.25) is 0 Å². The fourth-order valence-corrected chi connectivity index (χ4v) is 2.31. The zero-order valence-electron chi connectivity index (χ0n) is 11.1. The maximum Gasteiger partial charge on any atom is 0.115 e. The highest BCUT2D eigenvalue weighted by Gasteiger charge is 2.11. The molecule has 2 N–H and O–H groups in total. The van der Waals surface area contributed by atoms with Crippen LogP contribution >= 0.6 is 11.6 Å². The lowest BCUT2D eigenvalue weighted by atomic mass is 10.0. The van der Waals surface area contributed by atoms with Gasteiger partial charge in [0.05, 0.1) is 0 Å². The van der Waals surface area contributed by atoms with Crippen LogP contribution in [0.15, 0.2) is 48.5 Å². The molecule has 2 nitrogen and oxygen atoms in total. The average molecular weight is 276 g/mol. The lowest BCUT2D eigenvalue weighted by Gasteiger charge is -2.21. The molecule has 0 aliphatic rings. The number of aromatic hydroxyl groups is 1. The van der Waals surface area contributed by atoms with Crippen molar-refractivity contribution in [3.63, 3.8) is 0 Å². The van der Waals surface area contributed by atoms with Crippen molar-refractivity contribution >= 4 is 11.6 Å². The van der Waals surface area contributed by atoms with Crippen LogP contribution in [0.3, 0.4) is 0 Å². The number of hydrogen-bond acceptors (Lipinski definition) is 2. The third kappa shape index (κ3) is 3.72. The van der Waals surface area contributed by atoms with Crippen molar-refractivity contribution in [1.82, 2.24) is 5.32 Å². The molecule has 2 rings (SSSR count). The Balaban J connectivity index is 2.06. The van der Waals surface area contributed by atoms with Crippen LogP contribution < -0.4 is 5.32 Å². The maximum absolute atomic E-state index is 9.29. The first-order valence-corrected chi connectivity index (χ1v) is 6.74. The van der Waals surface area contributed by atoms with Crippen LogP contribution in [0.25, 0.3) is 0 Å². The summed E-state index contributed by atoms with van der Waals surface area (Å²) in [6.45, 7) is 4.22. The largest absolute Gasteiger partial charge is 0.508 e. The molecule has 0 aliphatic carbocycles. The fourth-order valence-electron chi connectivity index (χ4n) is 2.11. The number of phenols is 1. The molecular formula is C16H18ClNO. The summed E-state index contributed by atoms with van der Waals surface area (Å²) in [5, 5.41) is 13.6. The first kappa shape index (κ1) is 13.9. The van der Waals surface area contributed by atoms with Crippen molar-refractivity contribution in [3.05, 3.63) is 64.7 Å². The highest BCUT2D eigenvalue weighted by molar-refractivity contribution is 6.30. The van der Waals surface area contributed by atoms with Gasteiger partial charge in [-0.05, 0) is 49.2 Å². The van der Waals surface area contributed by atoms with Gasteiger partial charge < -0.3 is 10.4 Å². The van der Waals surface area contributed by atoms with E-state index in [-0.39, 0.29) is 12.1 Å². The lowest BCUT2D eigenvalue weighted by molar-refractivity contribution is 0.472. The average Bonchev–Trinajstić information content (AvgIpc) is 2.39. The van der Waals surface area contributed by atoms with Crippen molar-refractivity contribution in [2.45, 2.75) is 25.9 Å². The molecule has 2 atom stereocenters. The zero-order chi connectivity index (χ0) is 13.8. The molecule has 0 aliphatic heterocycles. The standard InChI is InChI=1S/C16H18ClNO/c1-11(13-6-8-16(19)9-7-13)18-12(2)14-4-3-5-15(17)10-14/h3-12,18-19H,1-2H3. The summed E-state index contributed by atoms with van der Waals surface area (Å²) in [4.78, 5) is 0. The molecule has 0 saturated heterocycles. The highest BCUT2D eigenvalue weighted by Crippen LogP contribution is 2.22. The van der Waals surface area contributed by atoms with Gasteiger partial charge >= 0.3 is 0 Å². The molecular weight excluding hydrogens is 258 g/mol. The van der Waals surface area contributed by atoms with E-state index in [0.717, 1.165) is 16.1 Å². The number of nitrogens with one attached hydrogen (secondary N) is 1. The second kappa shape index (κ2) is 6.09. The van der Waals surface area contributed by atoms with Gasteiger partial charge in [0.25, 0.3) is 0 Å². The summed E-state index contributed by atoms with van der Waals surface area (Å²) >= 11 is 6.00. The normalized spacial score (nSPS) is 14.1. The number of rotatable bonds is 4. The Morgan fingerprint density at radius 1 is 0.947 bits per heavy atom. The third-order valence-electron chi connectivity index (χ3n) is 3.24. The van der Waals surface area contributed by atoms with E-state index in [9.17, 15) is 5.11 Å². The molecule has 3 heteroatoms. The summed E-state index contributed by atoms with van der Waals surface area (Å²) in [5.41, 5.74) is 2.31. The molecule has 2 aromatic rings. The van der Waals surface area contributed by atoms with Gasteiger partial charge in [-0.1, -0.05) is 35.9 Å². The smallest absolute Gasteiger partial charge is 0.115 e. The molecule has 0 bridgehead atoms. The van der Waals surface area contributed by atoms with Gasteiger partial charge in [-0.2, -0.15) is 0 Å². The van der Waals surface area contributed by atoms with Crippen molar-refractivity contribution in [3.8, 4) is 5.75 Å². The summed E-state index contributed by atoms with van der Waals surface area (Å²) in [5.74, 6) is 0.291. The predicted molar refractivity (Wildman–Crippen MR) is 79.5 cm³/mol.